The molecule has 1 heterocycles. The van der Waals surface area contributed by atoms with E-state index in [1.807, 2.05) is 0 Å². The highest BCUT2D eigenvalue weighted by Gasteiger charge is 2.15. The van der Waals surface area contributed by atoms with Gasteiger partial charge in [0.2, 0.25) is 0 Å². The van der Waals surface area contributed by atoms with Crippen molar-refractivity contribution in [1.29, 1.82) is 0 Å². The fourth-order valence-electron chi connectivity index (χ4n) is 1.29. The van der Waals surface area contributed by atoms with E-state index >= 15 is 0 Å². The van der Waals surface area contributed by atoms with Crippen LogP contribution in [0.1, 0.15) is 9.67 Å². The van der Waals surface area contributed by atoms with Crippen molar-refractivity contribution in [1.82, 2.24) is 0 Å². The predicted octanol–water partition coefficient (Wildman–Crippen LogP) is 2.86. The summed E-state index contributed by atoms with van der Waals surface area (Å²) >= 11 is 1.11. The highest BCUT2D eigenvalue weighted by molar-refractivity contribution is 7.12. The van der Waals surface area contributed by atoms with Gasteiger partial charge in [-0.1, -0.05) is 6.07 Å². The Morgan fingerprint density at radius 3 is 2.41 bits per heavy atom. The van der Waals surface area contributed by atoms with Crippen molar-refractivity contribution < 1.29 is 13.6 Å². The third-order valence-electron chi connectivity index (χ3n) is 2.10. The minimum absolute atomic E-state index is 0.229. The number of benzene rings is 1. The maximum absolute atomic E-state index is 13.3. The zero-order valence-electron chi connectivity index (χ0n) is 8.54. The molecule has 0 saturated heterocycles. The lowest BCUT2D eigenvalue weighted by Crippen LogP contribution is -2.14. The molecule has 1 aromatic heterocycles. The zero-order valence-corrected chi connectivity index (χ0v) is 9.35. The number of hydrogen-bond donors (Lipinski definition) is 2. The number of carbonyl (C=O) groups excluding carboxylic acids is 1. The highest BCUT2D eigenvalue weighted by atomic mass is 32.1. The first-order valence-electron chi connectivity index (χ1n) is 4.68. The number of nitrogen functional groups attached to an aromatic ring is 1. The first-order valence-corrected chi connectivity index (χ1v) is 5.56. The number of hydrogen-bond acceptors (Lipinski definition) is 3. The van der Waals surface area contributed by atoms with Gasteiger partial charge in [0.05, 0.1) is 5.69 Å². The fourth-order valence-corrected chi connectivity index (χ4v) is 2.00. The second-order valence-corrected chi connectivity index (χ2v) is 4.17. The average molecular weight is 254 g/mol. The van der Waals surface area contributed by atoms with E-state index in [-0.39, 0.29) is 10.6 Å². The Bertz CT molecular complexity index is 548. The van der Waals surface area contributed by atoms with Gasteiger partial charge in [-0.05, 0) is 23.6 Å². The molecule has 88 valence electrons. The van der Waals surface area contributed by atoms with Gasteiger partial charge in [-0.15, -0.1) is 11.3 Å². The lowest BCUT2D eigenvalue weighted by atomic mass is 10.2. The minimum atomic E-state index is -0.825. The molecule has 0 fully saturated rings. The first kappa shape index (κ1) is 11.5. The van der Waals surface area contributed by atoms with E-state index in [0.29, 0.717) is 0 Å². The van der Waals surface area contributed by atoms with Crippen molar-refractivity contribution in [2.24, 2.45) is 0 Å². The van der Waals surface area contributed by atoms with Crippen LogP contribution in [0.15, 0.2) is 29.6 Å². The summed E-state index contributed by atoms with van der Waals surface area (Å²) < 4.78 is 26.5. The zero-order chi connectivity index (χ0) is 12.4. The Balaban J connectivity index is 2.28. The third-order valence-corrected chi connectivity index (χ3v) is 3.03. The summed E-state index contributed by atoms with van der Waals surface area (Å²) in [6.45, 7) is 0. The number of para-hydroxylation sites is 1. The van der Waals surface area contributed by atoms with Gasteiger partial charge in [-0.2, -0.15) is 0 Å². The molecule has 3 N–H and O–H groups in total. The number of nitrogens with one attached hydrogen (secondary N) is 1. The van der Waals surface area contributed by atoms with Crippen LogP contribution >= 0.6 is 11.3 Å². The molecule has 0 spiro atoms. The van der Waals surface area contributed by atoms with Crippen LogP contribution in [-0.2, 0) is 0 Å². The topological polar surface area (TPSA) is 55.1 Å². The molecule has 1 aromatic carbocycles. The molecule has 2 rings (SSSR count). The summed E-state index contributed by atoms with van der Waals surface area (Å²) in [6.07, 6.45) is 0. The molecule has 0 aliphatic carbocycles. The molecule has 0 atom stereocenters. The Labute approximate surface area is 99.9 Å². The average Bonchev–Trinajstić information content (AvgIpc) is 2.70. The van der Waals surface area contributed by atoms with Crippen molar-refractivity contribution >= 4 is 28.6 Å². The van der Waals surface area contributed by atoms with Crippen LogP contribution in [0.3, 0.4) is 0 Å². The van der Waals surface area contributed by atoms with Crippen LogP contribution in [0.4, 0.5) is 20.2 Å². The van der Waals surface area contributed by atoms with Gasteiger partial charge < -0.3 is 11.1 Å². The van der Waals surface area contributed by atoms with Crippen LogP contribution in [0.5, 0.6) is 0 Å². The molecule has 0 aliphatic heterocycles. The van der Waals surface area contributed by atoms with E-state index in [9.17, 15) is 13.6 Å². The van der Waals surface area contributed by atoms with Crippen molar-refractivity contribution in [3.05, 3.63) is 46.2 Å². The largest absolute Gasteiger partial charge is 0.397 e. The fraction of sp³-hybridized carbons (Fsp3) is 0. The lowest BCUT2D eigenvalue weighted by molar-refractivity contribution is 0.103. The number of thiophene rings is 1. The molecule has 0 bridgehead atoms. The molecule has 0 aliphatic rings. The predicted molar refractivity (Wildman–Crippen MR) is 63.0 cm³/mol. The van der Waals surface area contributed by atoms with Gasteiger partial charge in [0.1, 0.15) is 22.2 Å². The first-order chi connectivity index (χ1) is 8.09. The van der Waals surface area contributed by atoms with Gasteiger partial charge >= 0.3 is 0 Å². The van der Waals surface area contributed by atoms with Crippen molar-refractivity contribution in [2.45, 2.75) is 0 Å². The number of carbonyl (C=O) groups is 1. The Morgan fingerprint density at radius 1 is 1.24 bits per heavy atom. The van der Waals surface area contributed by atoms with Crippen LogP contribution in [0.2, 0.25) is 0 Å². The Morgan fingerprint density at radius 2 is 1.88 bits per heavy atom. The normalized spacial score (nSPS) is 10.2. The molecule has 6 heteroatoms. The van der Waals surface area contributed by atoms with Crippen LogP contribution in [0.25, 0.3) is 0 Å². The maximum Gasteiger partial charge on any atom is 0.268 e. The second kappa shape index (κ2) is 4.50. The number of amides is 1. The number of rotatable bonds is 2. The van der Waals surface area contributed by atoms with Gasteiger partial charge in [-0.3, -0.25) is 4.79 Å². The molecule has 1 amide bonds. The van der Waals surface area contributed by atoms with Gasteiger partial charge in [0.15, 0.2) is 0 Å². The lowest BCUT2D eigenvalue weighted by Gasteiger charge is -2.06. The van der Waals surface area contributed by atoms with Crippen molar-refractivity contribution in [2.75, 3.05) is 11.1 Å². The van der Waals surface area contributed by atoms with Crippen LogP contribution < -0.4 is 11.1 Å². The second-order valence-electron chi connectivity index (χ2n) is 3.26. The summed E-state index contributed by atoms with van der Waals surface area (Å²) in [5.74, 6) is -2.27. The van der Waals surface area contributed by atoms with E-state index in [2.05, 4.69) is 5.32 Å². The smallest absolute Gasteiger partial charge is 0.268 e. The molecule has 3 nitrogen and oxygen atoms in total. The van der Waals surface area contributed by atoms with Crippen molar-refractivity contribution in [3.63, 3.8) is 0 Å². The molecule has 0 radical (unpaired) electrons. The van der Waals surface area contributed by atoms with Gasteiger partial charge in [0, 0.05) is 0 Å². The minimum Gasteiger partial charge on any atom is -0.397 e. The molecule has 17 heavy (non-hydrogen) atoms. The van der Waals surface area contributed by atoms with Gasteiger partial charge in [0.25, 0.3) is 5.91 Å². The SMILES string of the molecule is Nc1ccsc1C(=O)Nc1c(F)cccc1F. The van der Waals surface area contributed by atoms with E-state index < -0.39 is 23.2 Å². The Kier molecular flexibility index (Phi) is 3.06. The molecule has 0 saturated carbocycles. The number of halogens is 2. The third kappa shape index (κ3) is 2.26. The summed E-state index contributed by atoms with van der Waals surface area (Å²) in [5.41, 5.74) is 5.35. The summed E-state index contributed by atoms with van der Waals surface area (Å²) in [7, 11) is 0. The van der Waals surface area contributed by atoms with Crippen LogP contribution in [0, 0.1) is 11.6 Å². The van der Waals surface area contributed by atoms with E-state index in [1.165, 1.54) is 6.07 Å². The monoisotopic (exact) mass is 254 g/mol. The standard InChI is InChI=1S/C11H8F2N2OS/c12-6-2-1-3-7(13)9(6)15-11(16)10-8(14)4-5-17-10/h1-5H,14H2,(H,15,16). The van der Waals surface area contributed by atoms with Gasteiger partial charge in [-0.25, -0.2) is 8.78 Å². The summed E-state index contributed by atoms with van der Waals surface area (Å²) in [6, 6.07) is 4.91. The summed E-state index contributed by atoms with van der Waals surface area (Å²) in [4.78, 5) is 11.9. The molecular formula is C11H8F2N2OS. The van der Waals surface area contributed by atoms with Crippen LogP contribution in [-0.4, -0.2) is 5.91 Å². The van der Waals surface area contributed by atoms with E-state index in [1.54, 1.807) is 11.4 Å². The van der Waals surface area contributed by atoms with E-state index in [4.69, 9.17) is 5.73 Å². The van der Waals surface area contributed by atoms with Crippen molar-refractivity contribution in [3.8, 4) is 0 Å². The van der Waals surface area contributed by atoms with E-state index in [0.717, 1.165) is 23.5 Å². The molecule has 2 aromatic rings. The summed E-state index contributed by atoms with van der Waals surface area (Å²) in [5, 5.41) is 3.79. The highest BCUT2D eigenvalue weighted by Crippen LogP contribution is 2.23. The quantitative estimate of drug-likeness (QED) is 0.865. The Hall–Kier alpha value is -1.95. The maximum atomic E-state index is 13.3. The number of nitrogens with two attached hydrogens (primary N) is 1. The molecule has 0 unspecified atom stereocenters. The number of anilines is 2. The molecular weight excluding hydrogens is 246 g/mol.